The number of carbonyl (C=O) groups excluding carboxylic acids is 1. The average Bonchev–Trinajstić information content (AvgIpc) is 2.25. The summed E-state index contributed by atoms with van der Waals surface area (Å²) in [5.41, 5.74) is 0.805. The van der Waals surface area contributed by atoms with Crippen molar-refractivity contribution < 1.29 is 13.9 Å². The number of hydrogen-bond donors (Lipinski definition) is 1. The van der Waals surface area contributed by atoms with Crippen LogP contribution in [0.4, 0.5) is 4.39 Å². The Morgan fingerprint density at radius 2 is 2.33 bits per heavy atom. The summed E-state index contributed by atoms with van der Waals surface area (Å²) in [5.74, 6) is -0.613. The van der Waals surface area contributed by atoms with Crippen LogP contribution in [-0.2, 0) is 9.53 Å². The Kier molecular flexibility index (Phi) is 4.24. The second kappa shape index (κ2) is 5.46. The molecule has 1 aromatic rings. The van der Waals surface area contributed by atoms with Crippen molar-refractivity contribution in [2.45, 2.75) is 13.0 Å². The normalized spacial score (nSPS) is 12.2. The molecule has 0 unspecified atom stereocenters. The smallest absolute Gasteiger partial charge is 0.319 e. The largest absolute Gasteiger partial charge is 0.468 e. The molecule has 1 rings (SSSR count). The van der Waals surface area contributed by atoms with Crippen LogP contribution < -0.4 is 5.32 Å². The zero-order valence-electron chi connectivity index (χ0n) is 8.79. The number of rotatable bonds is 4. The molecule has 0 aliphatic heterocycles. The molecule has 0 heterocycles. The lowest BCUT2D eigenvalue weighted by Gasteiger charge is -2.13. The lowest BCUT2D eigenvalue weighted by molar-refractivity contribution is -0.139. The molecule has 0 fully saturated rings. The zero-order valence-corrected chi connectivity index (χ0v) is 8.79. The van der Waals surface area contributed by atoms with E-state index in [0.717, 1.165) is 5.56 Å². The van der Waals surface area contributed by atoms with Crippen LogP contribution >= 0.6 is 0 Å². The molecule has 82 valence electrons. The Balaban J connectivity index is 2.53. The van der Waals surface area contributed by atoms with E-state index >= 15 is 0 Å². The van der Waals surface area contributed by atoms with Crippen molar-refractivity contribution in [3.8, 4) is 0 Å². The van der Waals surface area contributed by atoms with Crippen molar-refractivity contribution >= 4 is 5.97 Å². The fourth-order valence-corrected chi connectivity index (χ4v) is 1.20. The van der Waals surface area contributed by atoms with Gasteiger partial charge in [0.05, 0.1) is 13.7 Å². The van der Waals surface area contributed by atoms with E-state index in [1.54, 1.807) is 12.1 Å². The second-order valence-electron chi connectivity index (χ2n) is 3.23. The molecule has 1 atom stereocenters. The highest BCUT2D eigenvalue weighted by molar-refractivity contribution is 5.71. The first kappa shape index (κ1) is 11.7. The van der Waals surface area contributed by atoms with Gasteiger partial charge in [0.25, 0.3) is 0 Å². The summed E-state index contributed by atoms with van der Waals surface area (Å²) < 4.78 is 17.4. The van der Waals surface area contributed by atoms with Crippen molar-refractivity contribution in [3.63, 3.8) is 0 Å². The fourth-order valence-electron chi connectivity index (χ4n) is 1.20. The highest BCUT2D eigenvalue weighted by Gasteiger charge is 2.07. The quantitative estimate of drug-likeness (QED) is 0.769. The van der Waals surface area contributed by atoms with Crippen LogP contribution in [-0.4, -0.2) is 19.6 Å². The lowest BCUT2D eigenvalue weighted by Crippen LogP contribution is -2.26. The Morgan fingerprint density at radius 3 is 2.93 bits per heavy atom. The molecule has 0 bridgehead atoms. The van der Waals surface area contributed by atoms with Crippen molar-refractivity contribution in [3.05, 3.63) is 35.6 Å². The van der Waals surface area contributed by atoms with Crippen LogP contribution in [0.15, 0.2) is 24.3 Å². The van der Waals surface area contributed by atoms with E-state index in [-0.39, 0.29) is 24.4 Å². The van der Waals surface area contributed by atoms with E-state index in [0.29, 0.717) is 0 Å². The van der Waals surface area contributed by atoms with E-state index in [1.807, 2.05) is 6.92 Å². The molecule has 0 amide bonds. The van der Waals surface area contributed by atoms with Gasteiger partial charge in [0.2, 0.25) is 0 Å². The van der Waals surface area contributed by atoms with Gasteiger partial charge in [-0.1, -0.05) is 12.1 Å². The van der Waals surface area contributed by atoms with E-state index in [4.69, 9.17) is 0 Å². The summed E-state index contributed by atoms with van der Waals surface area (Å²) in [4.78, 5) is 10.9. The minimum atomic E-state index is -0.335. The number of hydrogen-bond acceptors (Lipinski definition) is 3. The molecule has 0 radical (unpaired) electrons. The highest BCUT2D eigenvalue weighted by atomic mass is 19.1. The summed E-state index contributed by atoms with van der Waals surface area (Å²) in [6.45, 7) is 1.98. The molecule has 4 heteroatoms. The summed E-state index contributed by atoms with van der Waals surface area (Å²) >= 11 is 0. The van der Waals surface area contributed by atoms with Gasteiger partial charge in [-0.15, -0.1) is 0 Å². The molecular weight excluding hydrogens is 197 g/mol. The molecule has 0 aliphatic carbocycles. The third-order valence-corrected chi connectivity index (χ3v) is 2.13. The van der Waals surface area contributed by atoms with Crippen LogP contribution in [0.5, 0.6) is 0 Å². The standard InChI is InChI=1S/C11H14FNO2/c1-8(13-7-11(14)15-2)9-4-3-5-10(12)6-9/h3-6,8,13H,7H2,1-2H3/t8-/m1/s1. The molecule has 0 aromatic heterocycles. The third-order valence-electron chi connectivity index (χ3n) is 2.13. The predicted molar refractivity (Wildman–Crippen MR) is 54.8 cm³/mol. The monoisotopic (exact) mass is 211 g/mol. The number of esters is 1. The van der Waals surface area contributed by atoms with E-state index < -0.39 is 0 Å². The van der Waals surface area contributed by atoms with Gasteiger partial charge in [-0.25, -0.2) is 4.39 Å². The van der Waals surface area contributed by atoms with Gasteiger partial charge in [0.15, 0.2) is 0 Å². The minimum Gasteiger partial charge on any atom is -0.468 e. The zero-order chi connectivity index (χ0) is 11.3. The van der Waals surface area contributed by atoms with Crippen LogP contribution in [0.2, 0.25) is 0 Å². The number of halogens is 1. The van der Waals surface area contributed by atoms with Gasteiger partial charge in [-0.2, -0.15) is 0 Å². The van der Waals surface area contributed by atoms with Crippen LogP contribution in [0.25, 0.3) is 0 Å². The van der Waals surface area contributed by atoms with Crippen LogP contribution in [0.1, 0.15) is 18.5 Å². The minimum absolute atomic E-state index is 0.0835. The molecule has 0 saturated carbocycles. The van der Waals surface area contributed by atoms with Gasteiger partial charge >= 0.3 is 5.97 Å². The molecule has 15 heavy (non-hydrogen) atoms. The molecular formula is C11H14FNO2. The van der Waals surface area contributed by atoms with E-state index in [9.17, 15) is 9.18 Å². The Bertz CT molecular complexity index is 341. The van der Waals surface area contributed by atoms with Gasteiger partial charge < -0.3 is 10.1 Å². The van der Waals surface area contributed by atoms with Gasteiger partial charge in [-0.05, 0) is 24.6 Å². The summed E-state index contributed by atoms with van der Waals surface area (Å²) in [6, 6.07) is 6.18. The lowest BCUT2D eigenvalue weighted by atomic mass is 10.1. The number of benzene rings is 1. The first-order valence-corrected chi connectivity index (χ1v) is 4.69. The molecule has 0 saturated heterocycles. The van der Waals surface area contributed by atoms with Crippen LogP contribution in [0, 0.1) is 5.82 Å². The average molecular weight is 211 g/mol. The Hall–Kier alpha value is -1.42. The summed E-state index contributed by atoms with van der Waals surface area (Å²) in [7, 11) is 1.33. The topological polar surface area (TPSA) is 38.3 Å². The maximum atomic E-state index is 12.9. The van der Waals surface area contributed by atoms with Gasteiger partial charge in [0.1, 0.15) is 5.82 Å². The number of carbonyl (C=O) groups is 1. The van der Waals surface area contributed by atoms with Crippen molar-refractivity contribution in [2.75, 3.05) is 13.7 Å². The van der Waals surface area contributed by atoms with Gasteiger partial charge in [-0.3, -0.25) is 4.79 Å². The van der Waals surface area contributed by atoms with Crippen molar-refractivity contribution in [1.82, 2.24) is 5.32 Å². The van der Waals surface area contributed by atoms with Crippen molar-refractivity contribution in [2.24, 2.45) is 0 Å². The maximum Gasteiger partial charge on any atom is 0.319 e. The predicted octanol–water partition coefficient (Wildman–Crippen LogP) is 1.65. The maximum absolute atomic E-state index is 12.9. The van der Waals surface area contributed by atoms with Gasteiger partial charge in [0, 0.05) is 6.04 Å². The molecule has 0 aliphatic rings. The van der Waals surface area contributed by atoms with Crippen LogP contribution in [0.3, 0.4) is 0 Å². The third kappa shape index (κ3) is 3.67. The number of nitrogens with one attached hydrogen (secondary N) is 1. The Labute approximate surface area is 88.2 Å². The van der Waals surface area contributed by atoms with Crippen molar-refractivity contribution in [1.29, 1.82) is 0 Å². The van der Waals surface area contributed by atoms with E-state index in [1.165, 1.54) is 19.2 Å². The first-order valence-electron chi connectivity index (χ1n) is 4.69. The molecule has 3 nitrogen and oxygen atoms in total. The number of ether oxygens (including phenoxy) is 1. The SMILES string of the molecule is COC(=O)CN[C@H](C)c1cccc(F)c1. The second-order valence-corrected chi connectivity index (χ2v) is 3.23. The van der Waals surface area contributed by atoms with E-state index in [2.05, 4.69) is 10.1 Å². The molecule has 1 aromatic carbocycles. The Morgan fingerprint density at radius 1 is 1.60 bits per heavy atom. The molecule has 0 spiro atoms. The molecule has 1 N–H and O–H groups in total. The first-order chi connectivity index (χ1) is 7.13. The summed E-state index contributed by atoms with van der Waals surface area (Å²) in [6.07, 6.45) is 0. The fraction of sp³-hybridized carbons (Fsp3) is 0.364. The number of methoxy groups -OCH3 is 1. The summed E-state index contributed by atoms with van der Waals surface area (Å²) in [5, 5.41) is 2.94. The highest BCUT2D eigenvalue weighted by Crippen LogP contribution is 2.12.